The Labute approximate surface area is 282 Å². The van der Waals surface area contributed by atoms with E-state index in [1.165, 1.54) is 35.1 Å². The third-order valence-electron chi connectivity index (χ3n) is 15.3. The average Bonchev–Trinajstić information content (AvgIpc) is 3.60. The van der Waals surface area contributed by atoms with Gasteiger partial charge in [0.1, 0.15) is 5.60 Å². The number of nitrogens with two attached hydrogens (primary N) is 1. The number of carbonyl (C=O) groups is 1. The molecule has 2 aromatic rings. The first-order valence-corrected chi connectivity index (χ1v) is 18.5. The van der Waals surface area contributed by atoms with E-state index in [1.807, 2.05) is 6.20 Å². The fourth-order valence-electron chi connectivity index (χ4n) is 12.3. The summed E-state index contributed by atoms with van der Waals surface area (Å²) < 4.78 is 5.43. The molecule has 0 aliphatic heterocycles. The summed E-state index contributed by atoms with van der Waals surface area (Å²) in [5, 5.41) is 15.1. The summed E-state index contributed by atoms with van der Waals surface area (Å²) in [5.41, 5.74) is 12.0. The molecular formula is C42H56N2O3. The van der Waals surface area contributed by atoms with Gasteiger partial charge in [0.2, 0.25) is 5.91 Å². The zero-order valence-electron chi connectivity index (χ0n) is 29.6. The van der Waals surface area contributed by atoms with Crippen LogP contribution >= 0.6 is 0 Å². The van der Waals surface area contributed by atoms with E-state index in [1.54, 1.807) is 5.57 Å². The van der Waals surface area contributed by atoms with Crippen molar-refractivity contribution in [3.05, 3.63) is 58.0 Å². The Bertz CT molecular complexity index is 1650. The molecule has 0 saturated heterocycles. The van der Waals surface area contributed by atoms with Gasteiger partial charge in [-0.05, 0) is 134 Å². The number of rotatable bonds is 2. The second-order valence-electron chi connectivity index (χ2n) is 17.6. The highest BCUT2D eigenvalue weighted by Gasteiger charge is 2.63. The summed E-state index contributed by atoms with van der Waals surface area (Å²) in [6, 6.07) is 7.02. The van der Waals surface area contributed by atoms with E-state index in [9.17, 15) is 9.90 Å². The first-order chi connectivity index (χ1) is 22.2. The molecular weight excluding hydrogens is 580 g/mol. The van der Waals surface area contributed by atoms with Crippen LogP contribution in [0.4, 0.5) is 0 Å². The second kappa shape index (κ2) is 11.1. The number of terminal acetylenes is 1. The summed E-state index contributed by atoms with van der Waals surface area (Å²) >= 11 is 0. The Balaban J connectivity index is 0.000000151. The predicted molar refractivity (Wildman–Crippen MR) is 187 cm³/mol. The molecule has 9 atom stereocenters. The number of aromatic nitrogens is 1. The van der Waals surface area contributed by atoms with Crippen molar-refractivity contribution in [3.8, 4) is 12.3 Å². The summed E-state index contributed by atoms with van der Waals surface area (Å²) in [6.07, 6.45) is 22.8. The van der Waals surface area contributed by atoms with Crippen molar-refractivity contribution >= 4 is 12.0 Å². The predicted octanol–water partition coefficient (Wildman–Crippen LogP) is 8.53. The van der Waals surface area contributed by atoms with E-state index < -0.39 is 5.60 Å². The van der Waals surface area contributed by atoms with Gasteiger partial charge in [0.15, 0.2) is 5.76 Å². The van der Waals surface area contributed by atoms with E-state index in [4.69, 9.17) is 16.7 Å². The minimum atomic E-state index is -0.909. The Hall–Kier alpha value is -2.84. The van der Waals surface area contributed by atoms with Crippen molar-refractivity contribution in [1.82, 2.24) is 5.16 Å². The second-order valence-corrected chi connectivity index (χ2v) is 17.6. The lowest BCUT2D eigenvalue weighted by Crippen LogP contribution is -2.54. The third-order valence-corrected chi connectivity index (χ3v) is 15.3. The zero-order valence-corrected chi connectivity index (χ0v) is 29.6. The highest BCUT2D eigenvalue weighted by atomic mass is 16.5. The van der Waals surface area contributed by atoms with E-state index in [2.05, 4.69) is 76.9 Å². The van der Waals surface area contributed by atoms with Gasteiger partial charge in [-0.25, -0.2) is 0 Å². The number of allylic oxidation sites excluding steroid dienone is 1. The minimum absolute atomic E-state index is 0.102. The summed E-state index contributed by atoms with van der Waals surface area (Å²) in [7, 11) is 0. The van der Waals surface area contributed by atoms with Crippen LogP contribution in [-0.4, -0.2) is 21.8 Å². The SMILES string of the molecule is C#CC1(O)CCC2C3CCC4=Cc5oncc5CC4(C)C3CCC21C.CC(C)c1ccc2c(c1)CCC1C(C)(C(N)=O)CCCC21C. The molecule has 1 aromatic carbocycles. The quantitative estimate of drug-likeness (QED) is 0.324. The van der Waals surface area contributed by atoms with Crippen molar-refractivity contribution in [2.24, 2.45) is 45.7 Å². The number of nitrogens with zero attached hydrogens (tertiary/aromatic N) is 1. The van der Waals surface area contributed by atoms with Gasteiger partial charge in [0.05, 0.1) is 6.20 Å². The molecule has 0 spiro atoms. The lowest BCUT2D eigenvalue weighted by atomic mass is 9.46. The molecule has 4 saturated carbocycles. The van der Waals surface area contributed by atoms with Crippen molar-refractivity contribution in [1.29, 1.82) is 0 Å². The molecule has 5 heteroatoms. The molecule has 1 heterocycles. The zero-order chi connectivity index (χ0) is 33.6. The monoisotopic (exact) mass is 636 g/mol. The molecule has 47 heavy (non-hydrogen) atoms. The van der Waals surface area contributed by atoms with Crippen LogP contribution < -0.4 is 5.73 Å². The molecule has 6 aliphatic rings. The number of fused-ring (bicyclic) bond motifs is 9. The number of amides is 1. The first kappa shape index (κ1) is 32.7. The number of benzene rings is 1. The van der Waals surface area contributed by atoms with Gasteiger partial charge in [0, 0.05) is 16.4 Å². The Morgan fingerprint density at radius 2 is 1.77 bits per heavy atom. The maximum atomic E-state index is 12.2. The number of aryl methyl sites for hydroxylation is 1. The molecule has 0 radical (unpaired) electrons. The largest absolute Gasteiger partial charge is 0.377 e. The lowest BCUT2D eigenvalue weighted by molar-refractivity contribution is -0.135. The minimum Gasteiger partial charge on any atom is -0.377 e. The van der Waals surface area contributed by atoms with Gasteiger partial charge in [-0.1, -0.05) is 82.8 Å². The summed E-state index contributed by atoms with van der Waals surface area (Å²) in [4.78, 5) is 12.2. The van der Waals surface area contributed by atoms with Crippen molar-refractivity contribution in [2.75, 3.05) is 0 Å². The van der Waals surface area contributed by atoms with Crippen molar-refractivity contribution < 1.29 is 14.4 Å². The molecule has 5 nitrogen and oxygen atoms in total. The maximum Gasteiger partial charge on any atom is 0.223 e. The molecule has 1 amide bonds. The standard InChI is InChI=1S/C22H27NO2.C20H29NO/c1-4-22(24)10-8-18-16-6-5-15-11-19-14(13-23-25-19)12-20(15,2)17(16)7-9-21(18,22)3;1-13(2)14-6-8-16-15(12-14)7-9-17-19(16,3)10-5-11-20(17,4)18(21)22/h1,11,13,16-18,24H,5-10,12H2,2-3H3;6,8,12-13,17H,5,7,9-11H2,1-4H3,(H2,21,22). The lowest BCUT2D eigenvalue weighted by Gasteiger charge is -2.58. The van der Waals surface area contributed by atoms with Gasteiger partial charge < -0.3 is 15.4 Å². The number of hydrogen-bond donors (Lipinski definition) is 2. The fourth-order valence-corrected chi connectivity index (χ4v) is 12.3. The van der Waals surface area contributed by atoms with Crippen LogP contribution in [0.2, 0.25) is 0 Å². The topological polar surface area (TPSA) is 89.3 Å². The van der Waals surface area contributed by atoms with Gasteiger partial charge >= 0.3 is 0 Å². The van der Waals surface area contributed by atoms with E-state index >= 15 is 0 Å². The van der Waals surface area contributed by atoms with Gasteiger partial charge in [-0.3, -0.25) is 4.79 Å². The van der Waals surface area contributed by atoms with Crippen LogP contribution in [0, 0.1) is 52.3 Å². The molecule has 252 valence electrons. The van der Waals surface area contributed by atoms with Gasteiger partial charge in [0.25, 0.3) is 0 Å². The van der Waals surface area contributed by atoms with Crippen molar-refractivity contribution in [3.63, 3.8) is 0 Å². The van der Waals surface area contributed by atoms with Crippen LogP contribution in [0.25, 0.3) is 6.08 Å². The molecule has 6 aliphatic carbocycles. The van der Waals surface area contributed by atoms with Gasteiger partial charge in [-0.2, -0.15) is 0 Å². The van der Waals surface area contributed by atoms with Crippen LogP contribution in [-0.2, 0) is 23.1 Å². The molecule has 9 unspecified atom stereocenters. The Morgan fingerprint density at radius 1 is 1.00 bits per heavy atom. The summed E-state index contributed by atoms with van der Waals surface area (Å²) in [5.74, 6) is 6.48. The summed E-state index contributed by atoms with van der Waals surface area (Å²) in [6.45, 7) is 13.7. The van der Waals surface area contributed by atoms with Crippen LogP contribution in [0.3, 0.4) is 0 Å². The number of aliphatic hydroxyl groups is 1. The molecule has 4 fully saturated rings. The Kier molecular flexibility index (Phi) is 7.72. The molecule has 1 aromatic heterocycles. The highest BCUT2D eigenvalue weighted by molar-refractivity contribution is 5.81. The van der Waals surface area contributed by atoms with Crippen LogP contribution in [0.15, 0.2) is 34.5 Å². The average molecular weight is 637 g/mol. The maximum absolute atomic E-state index is 12.2. The first-order valence-electron chi connectivity index (χ1n) is 18.5. The number of primary amides is 1. The normalized spacial score (nSPS) is 41.4. The smallest absolute Gasteiger partial charge is 0.223 e. The van der Waals surface area contributed by atoms with Crippen LogP contribution in [0.5, 0.6) is 0 Å². The fraction of sp³-hybridized carbons (Fsp3) is 0.667. The molecule has 0 bridgehead atoms. The van der Waals surface area contributed by atoms with E-state index in [0.29, 0.717) is 29.6 Å². The van der Waals surface area contributed by atoms with Gasteiger partial charge in [-0.15, -0.1) is 6.42 Å². The third kappa shape index (κ3) is 4.67. The van der Waals surface area contributed by atoms with Crippen molar-refractivity contribution in [2.45, 2.75) is 136 Å². The van der Waals surface area contributed by atoms with Crippen LogP contribution in [0.1, 0.15) is 140 Å². The number of carbonyl (C=O) groups excluding carboxylic acids is 1. The Morgan fingerprint density at radius 3 is 2.49 bits per heavy atom. The number of hydrogen-bond acceptors (Lipinski definition) is 4. The molecule has 3 N–H and O–H groups in total. The van der Waals surface area contributed by atoms with E-state index in [0.717, 1.165) is 70.0 Å². The van der Waals surface area contributed by atoms with E-state index in [-0.39, 0.29) is 27.6 Å². The highest BCUT2D eigenvalue weighted by Crippen LogP contribution is 2.67. The molecule has 8 rings (SSSR count).